The van der Waals surface area contributed by atoms with Crippen molar-refractivity contribution in [2.45, 2.75) is 71.9 Å². The average molecular weight is 408 g/mol. The van der Waals surface area contributed by atoms with E-state index in [0.29, 0.717) is 5.75 Å². The molecule has 0 spiro atoms. The van der Waals surface area contributed by atoms with Gasteiger partial charge in [-0.15, -0.1) is 0 Å². The van der Waals surface area contributed by atoms with E-state index in [0.717, 1.165) is 43.2 Å². The van der Waals surface area contributed by atoms with E-state index < -0.39 is 17.4 Å². The molecular formula is C24H28N2O4. The molecule has 1 aromatic heterocycles. The summed E-state index contributed by atoms with van der Waals surface area (Å²) in [7, 11) is 0. The number of rotatable bonds is 5. The van der Waals surface area contributed by atoms with E-state index >= 15 is 0 Å². The van der Waals surface area contributed by atoms with Crippen molar-refractivity contribution in [3.63, 3.8) is 0 Å². The minimum atomic E-state index is -0.889. The summed E-state index contributed by atoms with van der Waals surface area (Å²) < 4.78 is 7.11. The molecule has 1 aromatic carbocycles. The standard InChI is InChI=1S/C24H28N2O4/c1-14-10-15(2)12-19(11-14)30-17(4)22(27)21-16(3)20(13-25)23(28)26(24(21)29)18-8-6-5-7-9-18/h10-12,17-18,29H,5-9H2,1-4H3. The molecule has 3 rings (SSSR count). The van der Waals surface area contributed by atoms with Gasteiger partial charge in [-0.25, -0.2) is 0 Å². The Morgan fingerprint density at radius 1 is 1.17 bits per heavy atom. The van der Waals surface area contributed by atoms with Crippen LogP contribution in [0.4, 0.5) is 0 Å². The highest BCUT2D eigenvalue weighted by molar-refractivity contribution is 6.03. The van der Waals surface area contributed by atoms with Crippen LogP contribution in [0.3, 0.4) is 0 Å². The van der Waals surface area contributed by atoms with Crippen LogP contribution in [0.25, 0.3) is 0 Å². The number of hydrogen-bond donors (Lipinski definition) is 1. The van der Waals surface area contributed by atoms with E-state index in [9.17, 15) is 20.0 Å². The van der Waals surface area contributed by atoms with Gasteiger partial charge in [0.15, 0.2) is 6.10 Å². The molecule has 0 aliphatic heterocycles. The molecule has 0 saturated heterocycles. The van der Waals surface area contributed by atoms with Crippen molar-refractivity contribution in [2.24, 2.45) is 0 Å². The van der Waals surface area contributed by atoms with Gasteiger partial charge in [0.2, 0.25) is 11.7 Å². The van der Waals surface area contributed by atoms with Gasteiger partial charge in [-0.1, -0.05) is 25.3 Å². The number of ketones is 1. The molecule has 0 radical (unpaired) electrons. The van der Waals surface area contributed by atoms with Crippen molar-refractivity contribution in [1.29, 1.82) is 5.26 Å². The third-order valence-corrected chi connectivity index (χ3v) is 5.81. The molecule has 0 amide bonds. The van der Waals surface area contributed by atoms with E-state index in [-0.39, 0.29) is 28.6 Å². The van der Waals surface area contributed by atoms with Gasteiger partial charge in [0.05, 0.1) is 5.56 Å². The summed E-state index contributed by atoms with van der Waals surface area (Å²) in [5.41, 5.74) is 1.60. The van der Waals surface area contributed by atoms with Crippen molar-refractivity contribution in [3.8, 4) is 17.7 Å². The second-order valence-electron chi connectivity index (χ2n) is 8.23. The number of aromatic nitrogens is 1. The van der Waals surface area contributed by atoms with Crippen LogP contribution >= 0.6 is 0 Å². The lowest BCUT2D eigenvalue weighted by Crippen LogP contribution is -2.33. The highest BCUT2D eigenvalue weighted by atomic mass is 16.5. The molecule has 1 saturated carbocycles. The largest absolute Gasteiger partial charge is 0.494 e. The van der Waals surface area contributed by atoms with Crippen LogP contribution in [-0.2, 0) is 0 Å². The van der Waals surface area contributed by atoms with Gasteiger partial charge in [0.1, 0.15) is 17.4 Å². The van der Waals surface area contributed by atoms with Crippen LogP contribution in [0, 0.1) is 32.1 Å². The first-order chi connectivity index (χ1) is 14.2. The number of nitrogens with zero attached hydrogens (tertiary/aromatic N) is 2. The summed E-state index contributed by atoms with van der Waals surface area (Å²) in [4.78, 5) is 26.2. The molecular weight excluding hydrogens is 380 g/mol. The minimum Gasteiger partial charge on any atom is -0.494 e. The van der Waals surface area contributed by atoms with E-state index in [4.69, 9.17) is 4.74 Å². The third-order valence-electron chi connectivity index (χ3n) is 5.81. The minimum absolute atomic E-state index is 0.00593. The molecule has 1 unspecified atom stereocenters. The Labute approximate surface area is 176 Å². The number of benzene rings is 1. The van der Waals surface area contributed by atoms with Gasteiger partial charge >= 0.3 is 0 Å². The summed E-state index contributed by atoms with van der Waals surface area (Å²) in [5.74, 6) is -0.249. The van der Waals surface area contributed by atoms with Crippen molar-refractivity contribution < 1.29 is 14.6 Å². The van der Waals surface area contributed by atoms with Gasteiger partial charge in [-0.3, -0.25) is 14.2 Å². The van der Waals surface area contributed by atoms with Gasteiger partial charge in [-0.2, -0.15) is 5.26 Å². The molecule has 1 atom stereocenters. The normalized spacial score (nSPS) is 15.4. The van der Waals surface area contributed by atoms with E-state index in [1.54, 1.807) is 6.92 Å². The first kappa shape index (κ1) is 21.6. The number of aryl methyl sites for hydroxylation is 2. The molecule has 1 fully saturated rings. The Balaban J connectivity index is 2.04. The van der Waals surface area contributed by atoms with E-state index in [2.05, 4.69) is 0 Å². The first-order valence-corrected chi connectivity index (χ1v) is 10.4. The molecule has 6 nitrogen and oxygen atoms in total. The second kappa shape index (κ2) is 8.74. The van der Waals surface area contributed by atoms with E-state index in [1.165, 1.54) is 11.5 Å². The molecule has 0 bridgehead atoms. The number of carbonyl (C=O) groups is 1. The Morgan fingerprint density at radius 2 is 1.77 bits per heavy atom. The molecule has 6 heteroatoms. The van der Waals surface area contributed by atoms with Crippen LogP contribution in [0.5, 0.6) is 11.6 Å². The number of carbonyl (C=O) groups excluding carboxylic acids is 1. The molecule has 1 aliphatic carbocycles. The van der Waals surface area contributed by atoms with Gasteiger partial charge in [-0.05, 0) is 69.4 Å². The lowest BCUT2D eigenvalue weighted by atomic mass is 9.93. The maximum Gasteiger partial charge on any atom is 0.271 e. The van der Waals surface area contributed by atoms with Crippen LogP contribution < -0.4 is 10.3 Å². The van der Waals surface area contributed by atoms with Crippen LogP contribution in [0.15, 0.2) is 23.0 Å². The van der Waals surface area contributed by atoms with Crippen molar-refractivity contribution in [2.75, 3.05) is 0 Å². The van der Waals surface area contributed by atoms with Crippen LogP contribution in [-0.4, -0.2) is 21.6 Å². The molecule has 158 valence electrons. The molecule has 2 aromatic rings. The molecule has 1 N–H and O–H groups in total. The maximum absolute atomic E-state index is 13.3. The monoisotopic (exact) mass is 408 g/mol. The lowest BCUT2D eigenvalue weighted by molar-refractivity contribution is 0.0811. The number of ether oxygens (including phenoxy) is 1. The summed E-state index contributed by atoms with van der Waals surface area (Å²) >= 11 is 0. The van der Waals surface area contributed by atoms with Gasteiger partial charge in [0.25, 0.3) is 5.56 Å². The van der Waals surface area contributed by atoms with Gasteiger partial charge in [0, 0.05) is 6.04 Å². The average Bonchev–Trinajstić information content (AvgIpc) is 2.68. The van der Waals surface area contributed by atoms with Crippen molar-refractivity contribution in [3.05, 3.63) is 56.4 Å². The number of pyridine rings is 1. The molecule has 1 heterocycles. The zero-order valence-electron chi connectivity index (χ0n) is 18.0. The fourth-order valence-electron chi connectivity index (χ4n) is 4.36. The fraction of sp³-hybridized carbons (Fsp3) is 0.458. The zero-order chi connectivity index (χ0) is 22.0. The zero-order valence-corrected chi connectivity index (χ0v) is 18.0. The van der Waals surface area contributed by atoms with E-state index in [1.807, 2.05) is 38.1 Å². The Kier molecular flexibility index (Phi) is 6.31. The number of Topliss-reactive ketones (excluding diaryl/α,β-unsaturated/α-hetero) is 1. The fourth-order valence-corrected chi connectivity index (χ4v) is 4.36. The summed E-state index contributed by atoms with van der Waals surface area (Å²) in [6.45, 7) is 7.03. The maximum atomic E-state index is 13.3. The summed E-state index contributed by atoms with van der Waals surface area (Å²) in [5, 5.41) is 20.5. The number of nitriles is 1. The number of hydrogen-bond acceptors (Lipinski definition) is 5. The van der Waals surface area contributed by atoms with Crippen molar-refractivity contribution in [1.82, 2.24) is 4.57 Å². The summed E-state index contributed by atoms with van der Waals surface area (Å²) in [6.07, 6.45) is 3.56. The quantitative estimate of drug-likeness (QED) is 0.735. The van der Waals surface area contributed by atoms with Crippen LogP contribution in [0.1, 0.15) is 77.7 Å². The Hall–Kier alpha value is -3.07. The topological polar surface area (TPSA) is 92.3 Å². The van der Waals surface area contributed by atoms with Crippen LogP contribution in [0.2, 0.25) is 0 Å². The molecule has 1 aliphatic rings. The smallest absolute Gasteiger partial charge is 0.271 e. The van der Waals surface area contributed by atoms with Gasteiger partial charge < -0.3 is 9.84 Å². The number of aromatic hydroxyl groups is 1. The highest BCUT2D eigenvalue weighted by Crippen LogP contribution is 2.33. The summed E-state index contributed by atoms with van der Waals surface area (Å²) in [6, 6.07) is 7.41. The Bertz CT molecular complexity index is 1050. The molecule has 30 heavy (non-hydrogen) atoms. The third kappa shape index (κ3) is 4.11. The highest BCUT2D eigenvalue weighted by Gasteiger charge is 2.31. The first-order valence-electron chi connectivity index (χ1n) is 10.4. The SMILES string of the molecule is Cc1cc(C)cc(OC(C)C(=O)c2c(C)c(C#N)c(=O)n(C3CCCCC3)c2O)c1. The predicted molar refractivity (Wildman–Crippen MR) is 114 cm³/mol. The Morgan fingerprint density at radius 3 is 2.33 bits per heavy atom. The lowest BCUT2D eigenvalue weighted by Gasteiger charge is -2.27. The predicted octanol–water partition coefficient (Wildman–Crippen LogP) is 4.51. The van der Waals surface area contributed by atoms with Crippen molar-refractivity contribution >= 4 is 5.78 Å². The second-order valence-corrected chi connectivity index (χ2v) is 8.23.